The lowest BCUT2D eigenvalue weighted by Gasteiger charge is -2.40. The lowest BCUT2D eigenvalue weighted by atomic mass is 9.77. The van der Waals surface area contributed by atoms with E-state index in [0.717, 1.165) is 44.3 Å². The number of nitrogens with zero attached hydrogens (tertiary/aromatic N) is 5. The van der Waals surface area contributed by atoms with Crippen molar-refractivity contribution in [3.05, 3.63) is 63.5 Å². The predicted octanol–water partition coefficient (Wildman–Crippen LogP) is 5.45. The zero-order chi connectivity index (χ0) is 35.2. The number of hydrogen-bond acceptors (Lipinski definition) is 8. The van der Waals surface area contributed by atoms with Crippen LogP contribution in [0.5, 0.6) is 0 Å². The van der Waals surface area contributed by atoms with Crippen molar-refractivity contribution in [1.82, 2.24) is 19.4 Å². The van der Waals surface area contributed by atoms with Crippen LogP contribution >= 0.6 is 0 Å². The maximum atomic E-state index is 16.1. The van der Waals surface area contributed by atoms with E-state index in [9.17, 15) is 18.5 Å². The average molecular weight is 660 g/mol. The maximum absolute atomic E-state index is 16.1. The minimum Gasteiger partial charge on any atom is -0.363 e. The number of alkyl halides is 2. The minimum absolute atomic E-state index is 0.0410. The molecule has 2 saturated heterocycles. The number of pyridine rings is 1. The van der Waals surface area contributed by atoms with Gasteiger partial charge < -0.3 is 10.2 Å². The summed E-state index contributed by atoms with van der Waals surface area (Å²) in [6.45, 7) is -0.548. The van der Waals surface area contributed by atoms with Gasteiger partial charge in [0.25, 0.3) is 11.5 Å². The van der Waals surface area contributed by atoms with E-state index in [1.807, 2.05) is 0 Å². The Bertz CT molecular complexity index is 1930. The molecule has 46 heavy (non-hydrogen) atoms. The first-order valence-corrected chi connectivity index (χ1v) is 17.6. The number of halogens is 3. The summed E-state index contributed by atoms with van der Waals surface area (Å²) >= 11 is 0. The van der Waals surface area contributed by atoms with Crippen LogP contribution in [0.1, 0.15) is 85.1 Å². The van der Waals surface area contributed by atoms with Gasteiger partial charge in [0.1, 0.15) is 33.4 Å². The molecular weight excluding hydrogens is 617 g/mol. The summed E-state index contributed by atoms with van der Waals surface area (Å²) in [5, 5.41) is 13.3. The van der Waals surface area contributed by atoms with Gasteiger partial charge in [-0.2, -0.15) is 5.26 Å². The molecule has 8 bridgehead atoms. The Kier molecular flexibility index (Phi) is 7.86. The van der Waals surface area contributed by atoms with Crippen LogP contribution in [0.15, 0.2) is 35.4 Å². The van der Waals surface area contributed by atoms with E-state index >= 15 is 13.2 Å². The molecule has 0 unspecified atom stereocenters. The zero-order valence-corrected chi connectivity index (χ0v) is 26.3. The molecule has 7 rings (SSSR count). The highest BCUT2D eigenvalue weighted by Gasteiger charge is 2.42. The fourth-order valence-electron chi connectivity index (χ4n) is 6.97. The smallest absolute Gasteiger partial charge is 0.276 e. The molecule has 1 atom stereocenters. The fourth-order valence-corrected chi connectivity index (χ4v) is 8.49. The van der Waals surface area contributed by atoms with Crippen molar-refractivity contribution in [3.8, 4) is 6.07 Å². The molecule has 0 aliphatic carbocycles. The van der Waals surface area contributed by atoms with E-state index < -0.39 is 63.0 Å². The van der Waals surface area contributed by atoms with E-state index in [1.165, 1.54) is 16.7 Å². The third-order valence-corrected chi connectivity index (χ3v) is 11.5. The van der Waals surface area contributed by atoms with Crippen molar-refractivity contribution >= 4 is 26.7 Å². The van der Waals surface area contributed by atoms with Crippen LogP contribution in [-0.4, -0.2) is 59.0 Å². The third kappa shape index (κ3) is 6.26. The van der Waals surface area contributed by atoms with Gasteiger partial charge in [-0.1, -0.05) is 31.0 Å². The Balaban J connectivity index is 1.50. The van der Waals surface area contributed by atoms with E-state index in [0.29, 0.717) is 19.5 Å². The third-order valence-electron chi connectivity index (χ3n) is 9.81. The Hall–Kier alpha value is -3.50. The van der Waals surface area contributed by atoms with E-state index in [2.05, 4.69) is 26.3 Å². The van der Waals surface area contributed by atoms with Gasteiger partial charge in [-0.3, -0.25) is 9.36 Å². The predicted molar refractivity (Wildman–Crippen MR) is 169 cm³/mol. The first kappa shape index (κ1) is 28.7. The summed E-state index contributed by atoms with van der Waals surface area (Å²) in [5.74, 6) is -5.47. The number of nitrogens with one attached hydrogen (secondary N) is 1. The summed E-state index contributed by atoms with van der Waals surface area (Å²) in [6, 6.07) is 5.11. The topological polar surface area (TPSA) is 121 Å². The molecule has 246 valence electrons. The number of fused-ring (bicyclic) bond motifs is 8. The molecule has 4 aliphatic rings. The van der Waals surface area contributed by atoms with Gasteiger partial charge in [0.2, 0.25) is 0 Å². The molecule has 0 saturated carbocycles. The second-order valence-electron chi connectivity index (χ2n) is 12.9. The molecule has 2 fully saturated rings. The number of anilines is 1. The van der Waals surface area contributed by atoms with Crippen molar-refractivity contribution in [3.63, 3.8) is 0 Å². The van der Waals surface area contributed by atoms with Crippen LogP contribution in [-0.2, 0) is 27.7 Å². The van der Waals surface area contributed by atoms with Gasteiger partial charge in [0.15, 0.2) is 0 Å². The van der Waals surface area contributed by atoms with Crippen LogP contribution in [0.2, 0.25) is 0 Å². The average Bonchev–Trinajstić information content (AvgIpc) is 3.02. The Morgan fingerprint density at radius 3 is 2.52 bits per heavy atom. The molecule has 9 nitrogen and oxygen atoms in total. The molecule has 0 spiro atoms. The van der Waals surface area contributed by atoms with Crippen LogP contribution in [0.4, 0.5) is 19.0 Å². The molecule has 0 radical (unpaired) electrons. The van der Waals surface area contributed by atoms with Gasteiger partial charge in [0, 0.05) is 41.3 Å². The maximum Gasteiger partial charge on any atom is 0.276 e. The van der Waals surface area contributed by atoms with Crippen molar-refractivity contribution < 1.29 is 25.7 Å². The van der Waals surface area contributed by atoms with Crippen LogP contribution < -0.4 is 10.9 Å². The van der Waals surface area contributed by atoms with E-state index in [1.54, 1.807) is 0 Å². The Labute approximate surface area is 271 Å². The molecule has 1 N–H and O–H groups in total. The number of nitriles is 1. The van der Waals surface area contributed by atoms with Crippen LogP contribution in [0.3, 0.4) is 0 Å². The van der Waals surface area contributed by atoms with Crippen molar-refractivity contribution in [2.75, 3.05) is 36.5 Å². The van der Waals surface area contributed by atoms with Gasteiger partial charge in [0.05, 0.1) is 40.0 Å². The number of sulfone groups is 1. The first-order chi connectivity index (χ1) is 23.1. The van der Waals surface area contributed by atoms with Gasteiger partial charge in [-0.15, -0.1) is 0 Å². The van der Waals surface area contributed by atoms with Crippen LogP contribution in [0.25, 0.3) is 11.0 Å². The van der Waals surface area contributed by atoms with Gasteiger partial charge in [-0.25, -0.2) is 31.6 Å². The second-order valence-corrected chi connectivity index (χ2v) is 15.2. The summed E-state index contributed by atoms with van der Waals surface area (Å²) in [4.78, 5) is 25.0. The molecule has 1 aromatic carbocycles. The largest absolute Gasteiger partial charge is 0.363 e. The summed E-state index contributed by atoms with van der Waals surface area (Å²) in [6.07, 6.45) is 3.66. The highest BCUT2D eigenvalue weighted by molar-refractivity contribution is 7.91. The van der Waals surface area contributed by atoms with Crippen molar-refractivity contribution in [2.45, 2.75) is 82.1 Å². The number of benzene rings is 1. The summed E-state index contributed by atoms with van der Waals surface area (Å²) < 4.78 is 98.2. The fraction of sp³-hybridized carbons (Fsp3) is 0.576. The van der Waals surface area contributed by atoms with Crippen LogP contribution in [0, 0.1) is 23.1 Å². The SMILES string of the molecule is [2H]C([2H])([2H])[C@H]1Nc2ncnc3c2cc(C2(C#N)CCS(=O)(=O)CC2)c(=O)n3CCCCCCN2CC(CCC(F)(F)c3cccc1c3F)C2. The number of rotatable bonds is 1. The molecule has 3 aromatic rings. The molecular formula is C33H39F3N6O3S. The number of aryl methyl sites for hydroxylation is 1. The molecule has 13 heteroatoms. The molecule has 0 amide bonds. The van der Waals surface area contributed by atoms with Gasteiger partial charge in [-0.05, 0) is 57.5 Å². The molecule has 4 aliphatic heterocycles. The lowest BCUT2D eigenvalue weighted by molar-refractivity contribution is -0.0320. The standard InChI is InChI=1S/C33H39F3N6O3S/c1-22-24-7-6-8-26(28(24)34)33(35,36)10-9-23-18-41(19-23)13-4-2-3-5-14-42-30-25(29(40-22)38-21-39-30)17-27(31(42)43)32(20-37)11-15-46(44,45)16-12-32/h6-8,17,21-23H,2-5,9-16,18-19H2,1H3,(H,38,39,40)/t22-/m1/s1/i1D3. The number of aromatic nitrogens is 3. The van der Waals surface area contributed by atoms with Crippen molar-refractivity contribution in [1.29, 1.82) is 5.26 Å². The molecule has 2 aromatic heterocycles. The second kappa shape index (κ2) is 12.6. The quantitative estimate of drug-likeness (QED) is 0.366. The normalized spacial score (nSPS) is 27.4. The minimum atomic E-state index is -3.54. The Morgan fingerprint density at radius 1 is 1.07 bits per heavy atom. The number of hydrogen-bond donors (Lipinski definition) is 1. The monoisotopic (exact) mass is 659 g/mol. The first-order valence-electron chi connectivity index (χ1n) is 17.3. The highest BCUT2D eigenvalue weighted by Crippen LogP contribution is 2.40. The molecule has 6 heterocycles. The zero-order valence-electron chi connectivity index (χ0n) is 28.4. The highest BCUT2D eigenvalue weighted by atomic mass is 32.2. The van der Waals surface area contributed by atoms with E-state index in [4.69, 9.17) is 4.11 Å². The van der Waals surface area contributed by atoms with Gasteiger partial charge >= 0.3 is 0 Å². The van der Waals surface area contributed by atoms with E-state index in [-0.39, 0.29) is 65.6 Å². The Morgan fingerprint density at radius 2 is 1.80 bits per heavy atom. The van der Waals surface area contributed by atoms with Crippen molar-refractivity contribution in [2.24, 2.45) is 5.92 Å². The lowest BCUT2D eigenvalue weighted by Crippen LogP contribution is -2.47. The summed E-state index contributed by atoms with van der Waals surface area (Å²) in [5.41, 5.74) is -3.14. The summed E-state index contributed by atoms with van der Waals surface area (Å²) in [7, 11) is -3.40.